The van der Waals surface area contributed by atoms with Crippen molar-refractivity contribution in [2.75, 3.05) is 0 Å². The molecular formula is C13H12FN. The quantitative estimate of drug-likeness (QED) is 0.794. The van der Waals surface area contributed by atoms with Crippen LogP contribution in [0.25, 0.3) is 11.1 Å². The Labute approximate surface area is 88.4 Å². The van der Waals surface area contributed by atoms with Gasteiger partial charge in [0.25, 0.3) is 0 Å². The minimum Gasteiger partial charge on any atom is -0.326 e. The van der Waals surface area contributed by atoms with Gasteiger partial charge in [-0.05, 0) is 5.56 Å². The van der Waals surface area contributed by atoms with Gasteiger partial charge in [0.05, 0.1) is 0 Å². The molecule has 0 aliphatic heterocycles. The summed E-state index contributed by atoms with van der Waals surface area (Å²) in [4.78, 5) is 0. The predicted molar refractivity (Wildman–Crippen MR) is 59.7 cm³/mol. The summed E-state index contributed by atoms with van der Waals surface area (Å²) in [5.41, 5.74) is 7.50. The first-order chi connectivity index (χ1) is 7.33. The van der Waals surface area contributed by atoms with Gasteiger partial charge < -0.3 is 5.73 Å². The molecule has 0 unspecified atom stereocenters. The van der Waals surface area contributed by atoms with E-state index in [0.29, 0.717) is 11.1 Å². The molecule has 0 amide bonds. The number of halogens is 1. The molecule has 76 valence electrons. The number of benzene rings is 2. The van der Waals surface area contributed by atoms with E-state index in [9.17, 15) is 4.39 Å². The molecular weight excluding hydrogens is 189 g/mol. The summed E-state index contributed by atoms with van der Waals surface area (Å²) in [5.74, 6) is -0.216. The average Bonchev–Trinajstić information content (AvgIpc) is 2.30. The van der Waals surface area contributed by atoms with Crippen molar-refractivity contribution in [1.82, 2.24) is 0 Å². The second kappa shape index (κ2) is 4.24. The minimum atomic E-state index is -0.216. The lowest BCUT2D eigenvalue weighted by Gasteiger charge is -2.06. The maximum Gasteiger partial charge on any atom is 0.135 e. The Kier molecular flexibility index (Phi) is 2.79. The van der Waals surface area contributed by atoms with E-state index in [0.717, 1.165) is 5.56 Å². The maximum absolute atomic E-state index is 13.9. The fourth-order valence-corrected chi connectivity index (χ4v) is 1.58. The van der Waals surface area contributed by atoms with Gasteiger partial charge in [-0.1, -0.05) is 48.5 Å². The van der Waals surface area contributed by atoms with Crippen LogP contribution in [0, 0.1) is 5.82 Å². The monoisotopic (exact) mass is 201 g/mol. The molecule has 2 heteroatoms. The molecule has 2 aromatic carbocycles. The maximum atomic E-state index is 13.9. The standard InChI is InChI=1S/C13H12FN/c14-13-11(9-15)7-4-8-12(13)10-5-2-1-3-6-10/h1-8H,9,15H2. The summed E-state index contributed by atoms with van der Waals surface area (Å²) in [6, 6.07) is 14.8. The molecule has 0 saturated carbocycles. The zero-order valence-corrected chi connectivity index (χ0v) is 8.28. The zero-order chi connectivity index (χ0) is 10.7. The van der Waals surface area contributed by atoms with E-state index < -0.39 is 0 Å². The van der Waals surface area contributed by atoms with Crippen LogP contribution in [-0.4, -0.2) is 0 Å². The van der Waals surface area contributed by atoms with E-state index in [4.69, 9.17) is 5.73 Å². The summed E-state index contributed by atoms with van der Waals surface area (Å²) >= 11 is 0. The molecule has 1 nitrogen and oxygen atoms in total. The molecule has 0 aliphatic carbocycles. The van der Waals surface area contributed by atoms with Crippen LogP contribution in [-0.2, 0) is 6.54 Å². The van der Waals surface area contributed by atoms with E-state index in [2.05, 4.69) is 0 Å². The van der Waals surface area contributed by atoms with Crippen LogP contribution in [0.2, 0.25) is 0 Å². The highest BCUT2D eigenvalue weighted by molar-refractivity contribution is 5.64. The third-order valence-electron chi connectivity index (χ3n) is 2.38. The number of rotatable bonds is 2. The first-order valence-corrected chi connectivity index (χ1v) is 4.86. The van der Waals surface area contributed by atoms with Crippen molar-refractivity contribution < 1.29 is 4.39 Å². The summed E-state index contributed by atoms with van der Waals surface area (Å²) in [5, 5.41) is 0. The second-order valence-electron chi connectivity index (χ2n) is 3.35. The van der Waals surface area contributed by atoms with Crippen LogP contribution in [0.1, 0.15) is 5.56 Å². The molecule has 2 aromatic rings. The largest absolute Gasteiger partial charge is 0.326 e. The van der Waals surface area contributed by atoms with Gasteiger partial charge in [0.15, 0.2) is 0 Å². The Hall–Kier alpha value is -1.67. The molecule has 0 spiro atoms. The Balaban J connectivity index is 2.54. The number of hydrogen-bond acceptors (Lipinski definition) is 1. The highest BCUT2D eigenvalue weighted by Crippen LogP contribution is 2.24. The van der Waals surface area contributed by atoms with Gasteiger partial charge in [0, 0.05) is 17.7 Å². The molecule has 0 fully saturated rings. The molecule has 0 heterocycles. The fraction of sp³-hybridized carbons (Fsp3) is 0.0769. The van der Waals surface area contributed by atoms with Crippen molar-refractivity contribution in [3.8, 4) is 11.1 Å². The Morgan fingerprint density at radius 1 is 0.933 bits per heavy atom. The fourth-order valence-electron chi connectivity index (χ4n) is 1.58. The lowest BCUT2D eigenvalue weighted by atomic mass is 10.0. The summed E-state index contributed by atoms with van der Waals surface area (Å²) in [7, 11) is 0. The minimum absolute atomic E-state index is 0.216. The van der Waals surface area contributed by atoms with E-state index in [1.807, 2.05) is 36.4 Å². The molecule has 0 atom stereocenters. The van der Waals surface area contributed by atoms with Crippen molar-refractivity contribution in [2.24, 2.45) is 5.73 Å². The number of hydrogen-bond donors (Lipinski definition) is 1. The van der Waals surface area contributed by atoms with Gasteiger partial charge in [-0.25, -0.2) is 4.39 Å². The number of nitrogens with two attached hydrogens (primary N) is 1. The lowest BCUT2D eigenvalue weighted by molar-refractivity contribution is 0.614. The first-order valence-electron chi connectivity index (χ1n) is 4.86. The average molecular weight is 201 g/mol. The van der Waals surface area contributed by atoms with Gasteiger partial charge in [-0.15, -0.1) is 0 Å². The van der Waals surface area contributed by atoms with E-state index >= 15 is 0 Å². The molecule has 2 N–H and O–H groups in total. The van der Waals surface area contributed by atoms with Gasteiger partial charge in [0.2, 0.25) is 0 Å². The normalized spacial score (nSPS) is 10.3. The third kappa shape index (κ3) is 1.90. The molecule has 0 saturated heterocycles. The molecule has 0 aromatic heterocycles. The second-order valence-corrected chi connectivity index (χ2v) is 3.35. The highest BCUT2D eigenvalue weighted by atomic mass is 19.1. The first kappa shape index (κ1) is 9.87. The third-order valence-corrected chi connectivity index (χ3v) is 2.38. The highest BCUT2D eigenvalue weighted by Gasteiger charge is 2.07. The SMILES string of the molecule is NCc1cccc(-c2ccccc2)c1F. The molecule has 0 aliphatic rings. The Bertz CT molecular complexity index is 451. The Morgan fingerprint density at radius 3 is 2.33 bits per heavy atom. The van der Waals surface area contributed by atoms with E-state index in [1.54, 1.807) is 12.1 Å². The van der Waals surface area contributed by atoms with Crippen molar-refractivity contribution in [3.63, 3.8) is 0 Å². The van der Waals surface area contributed by atoms with Gasteiger partial charge >= 0.3 is 0 Å². The van der Waals surface area contributed by atoms with Crippen molar-refractivity contribution in [1.29, 1.82) is 0 Å². The van der Waals surface area contributed by atoms with Crippen LogP contribution < -0.4 is 5.73 Å². The van der Waals surface area contributed by atoms with Crippen molar-refractivity contribution >= 4 is 0 Å². The Morgan fingerprint density at radius 2 is 1.67 bits per heavy atom. The smallest absolute Gasteiger partial charge is 0.135 e. The van der Waals surface area contributed by atoms with Gasteiger partial charge in [-0.2, -0.15) is 0 Å². The van der Waals surface area contributed by atoms with Crippen LogP contribution in [0.5, 0.6) is 0 Å². The molecule has 0 radical (unpaired) electrons. The van der Waals surface area contributed by atoms with Crippen LogP contribution >= 0.6 is 0 Å². The zero-order valence-electron chi connectivity index (χ0n) is 8.28. The van der Waals surface area contributed by atoms with E-state index in [1.165, 1.54) is 0 Å². The van der Waals surface area contributed by atoms with Crippen LogP contribution in [0.4, 0.5) is 4.39 Å². The lowest BCUT2D eigenvalue weighted by Crippen LogP contribution is -2.00. The van der Waals surface area contributed by atoms with Gasteiger partial charge in [0.1, 0.15) is 5.82 Å². The van der Waals surface area contributed by atoms with Crippen molar-refractivity contribution in [2.45, 2.75) is 6.54 Å². The summed E-state index contributed by atoms with van der Waals surface area (Å²) in [6.07, 6.45) is 0. The topological polar surface area (TPSA) is 26.0 Å². The van der Waals surface area contributed by atoms with Gasteiger partial charge in [-0.3, -0.25) is 0 Å². The summed E-state index contributed by atoms with van der Waals surface area (Å²) in [6.45, 7) is 0.229. The predicted octanol–water partition coefficient (Wildman–Crippen LogP) is 2.95. The van der Waals surface area contributed by atoms with Crippen LogP contribution in [0.3, 0.4) is 0 Å². The molecule has 15 heavy (non-hydrogen) atoms. The van der Waals surface area contributed by atoms with E-state index in [-0.39, 0.29) is 12.4 Å². The van der Waals surface area contributed by atoms with Crippen molar-refractivity contribution in [3.05, 3.63) is 59.9 Å². The summed E-state index contributed by atoms with van der Waals surface area (Å²) < 4.78 is 13.9. The molecule has 0 bridgehead atoms. The molecule has 2 rings (SSSR count). The van der Waals surface area contributed by atoms with Crippen LogP contribution in [0.15, 0.2) is 48.5 Å².